The largest absolute Gasteiger partial charge is 0.310 e. The van der Waals surface area contributed by atoms with Crippen molar-refractivity contribution in [3.05, 3.63) is 34.4 Å². The zero-order chi connectivity index (χ0) is 14.7. The lowest BCUT2D eigenvalue weighted by Crippen LogP contribution is -2.40. The molecule has 2 unspecified atom stereocenters. The summed E-state index contributed by atoms with van der Waals surface area (Å²) in [7, 11) is 0. The van der Waals surface area contributed by atoms with Crippen LogP contribution in [0.2, 0.25) is 0 Å². The number of aryl methyl sites for hydroxylation is 3. The molecule has 0 radical (unpaired) electrons. The van der Waals surface area contributed by atoms with Gasteiger partial charge in [-0.05, 0) is 62.1 Å². The Bertz CT molecular complexity index is 424. The molecular formula is C19H31N. The zero-order valence-corrected chi connectivity index (χ0v) is 13.9. The van der Waals surface area contributed by atoms with Gasteiger partial charge in [-0.15, -0.1) is 0 Å². The Kier molecular flexibility index (Phi) is 5.26. The molecule has 1 saturated carbocycles. The second kappa shape index (κ2) is 6.76. The molecule has 1 aliphatic rings. The van der Waals surface area contributed by atoms with Crippen molar-refractivity contribution in [1.82, 2.24) is 5.32 Å². The van der Waals surface area contributed by atoms with Crippen LogP contribution >= 0.6 is 0 Å². The van der Waals surface area contributed by atoms with E-state index < -0.39 is 0 Å². The fraction of sp³-hybridized carbons (Fsp3) is 0.684. The van der Waals surface area contributed by atoms with Crippen LogP contribution in [0.5, 0.6) is 0 Å². The predicted molar refractivity (Wildman–Crippen MR) is 88.1 cm³/mol. The van der Waals surface area contributed by atoms with Crippen molar-refractivity contribution < 1.29 is 0 Å². The molecule has 20 heavy (non-hydrogen) atoms. The summed E-state index contributed by atoms with van der Waals surface area (Å²) in [6.45, 7) is 12.5. The molecule has 2 atom stereocenters. The fourth-order valence-corrected chi connectivity index (χ4v) is 3.93. The predicted octanol–water partition coefficient (Wildman–Crippen LogP) is 4.92. The van der Waals surface area contributed by atoms with Crippen LogP contribution in [0.3, 0.4) is 0 Å². The van der Waals surface area contributed by atoms with Gasteiger partial charge in [-0.1, -0.05) is 44.4 Å². The molecule has 0 amide bonds. The normalized spacial score (nSPS) is 23.3. The Balaban J connectivity index is 2.04. The average Bonchev–Trinajstić information content (AvgIpc) is 2.37. The van der Waals surface area contributed by atoms with E-state index in [0.717, 1.165) is 18.4 Å². The van der Waals surface area contributed by atoms with E-state index in [4.69, 9.17) is 0 Å². The first-order valence-electron chi connectivity index (χ1n) is 8.29. The summed E-state index contributed by atoms with van der Waals surface area (Å²) in [6.07, 6.45) is 5.57. The lowest BCUT2D eigenvalue weighted by atomic mass is 9.77. The van der Waals surface area contributed by atoms with Crippen LogP contribution in [-0.4, -0.2) is 6.04 Å². The molecule has 0 aromatic heterocycles. The average molecular weight is 273 g/mol. The maximum atomic E-state index is 3.87. The summed E-state index contributed by atoms with van der Waals surface area (Å²) in [5.74, 6) is 1.66. The second-order valence-electron chi connectivity index (χ2n) is 7.06. The van der Waals surface area contributed by atoms with Crippen LogP contribution in [0.1, 0.15) is 61.8 Å². The van der Waals surface area contributed by atoms with Crippen molar-refractivity contribution >= 4 is 0 Å². The van der Waals surface area contributed by atoms with E-state index in [1.807, 2.05) is 0 Å². The third-order valence-corrected chi connectivity index (χ3v) is 5.06. The van der Waals surface area contributed by atoms with E-state index >= 15 is 0 Å². The molecule has 1 heteroatoms. The molecule has 1 aromatic rings. The Morgan fingerprint density at radius 3 is 2.25 bits per heavy atom. The molecular weight excluding hydrogens is 242 g/mol. The number of hydrogen-bond acceptors (Lipinski definition) is 1. The van der Waals surface area contributed by atoms with E-state index in [-0.39, 0.29) is 0 Å². The quantitative estimate of drug-likeness (QED) is 0.821. The minimum absolute atomic E-state index is 0.712. The molecule has 1 aliphatic carbocycles. The smallest absolute Gasteiger partial charge is 0.0213 e. The fourth-order valence-electron chi connectivity index (χ4n) is 3.93. The maximum Gasteiger partial charge on any atom is 0.0213 e. The van der Waals surface area contributed by atoms with Gasteiger partial charge >= 0.3 is 0 Å². The maximum absolute atomic E-state index is 3.87. The molecule has 1 nitrogen and oxygen atoms in total. The Labute approximate surface area is 125 Å². The van der Waals surface area contributed by atoms with Crippen LogP contribution in [-0.2, 0) is 6.54 Å². The Hall–Kier alpha value is -0.820. The summed E-state index contributed by atoms with van der Waals surface area (Å²) in [5, 5.41) is 3.87. The molecule has 1 N–H and O–H groups in total. The van der Waals surface area contributed by atoms with E-state index in [1.54, 1.807) is 0 Å². The summed E-state index contributed by atoms with van der Waals surface area (Å²) in [6, 6.07) is 5.33. The lowest BCUT2D eigenvalue weighted by molar-refractivity contribution is 0.204. The first kappa shape index (κ1) is 15.6. The van der Waals surface area contributed by atoms with Crippen LogP contribution in [0.15, 0.2) is 12.1 Å². The van der Waals surface area contributed by atoms with Crippen molar-refractivity contribution in [1.29, 1.82) is 0 Å². The molecule has 0 heterocycles. The van der Waals surface area contributed by atoms with Crippen molar-refractivity contribution in [2.24, 2.45) is 11.8 Å². The highest BCUT2D eigenvalue weighted by Gasteiger charge is 2.27. The monoisotopic (exact) mass is 273 g/mol. The first-order valence-corrected chi connectivity index (χ1v) is 8.29. The van der Waals surface area contributed by atoms with Gasteiger partial charge in [0.15, 0.2) is 0 Å². The lowest BCUT2D eigenvalue weighted by Gasteiger charge is -2.35. The van der Waals surface area contributed by atoms with Gasteiger partial charge in [-0.3, -0.25) is 0 Å². The zero-order valence-electron chi connectivity index (χ0n) is 13.9. The topological polar surface area (TPSA) is 12.0 Å². The van der Waals surface area contributed by atoms with Crippen molar-refractivity contribution in [2.75, 3.05) is 0 Å². The standard InChI is InChI=1S/C19H31N/c1-13(2)17-8-6-7-9-19(17)20-12-18-15(4)10-14(3)11-16(18)5/h10-11,13,17,19-20H,6-9,12H2,1-5H3. The van der Waals surface area contributed by atoms with E-state index in [9.17, 15) is 0 Å². The van der Waals surface area contributed by atoms with Gasteiger partial charge in [0.05, 0.1) is 0 Å². The highest BCUT2D eigenvalue weighted by Crippen LogP contribution is 2.30. The Morgan fingerprint density at radius 2 is 1.65 bits per heavy atom. The SMILES string of the molecule is Cc1cc(C)c(CNC2CCCCC2C(C)C)c(C)c1. The van der Waals surface area contributed by atoms with Crippen LogP contribution in [0.25, 0.3) is 0 Å². The van der Waals surface area contributed by atoms with Gasteiger partial charge in [0.25, 0.3) is 0 Å². The first-order chi connectivity index (χ1) is 9.49. The van der Waals surface area contributed by atoms with Crippen LogP contribution < -0.4 is 5.32 Å². The van der Waals surface area contributed by atoms with Gasteiger partial charge in [-0.2, -0.15) is 0 Å². The third kappa shape index (κ3) is 3.63. The number of rotatable bonds is 4. The molecule has 0 aliphatic heterocycles. The number of nitrogens with one attached hydrogen (secondary N) is 1. The summed E-state index contributed by atoms with van der Waals surface area (Å²) in [5.41, 5.74) is 5.75. The van der Waals surface area contributed by atoms with Crippen LogP contribution in [0, 0.1) is 32.6 Å². The molecule has 2 rings (SSSR count). The van der Waals surface area contributed by atoms with Crippen molar-refractivity contribution in [2.45, 2.75) is 72.9 Å². The van der Waals surface area contributed by atoms with Gasteiger partial charge in [0.1, 0.15) is 0 Å². The van der Waals surface area contributed by atoms with Gasteiger partial charge in [-0.25, -0.2) is 0 Å². The van der Waals surface area contributed by atoms with E-state index in [2.05, 4.69) is 52.1 Å². The molecule has 112 valence electrons. The molecule has 0 saturated heterocycles. The Morgan fingerprint density at radius 1 is 1.05 bits per heavy atom. The molecule has 0 bridgehead atoms. The minimum Gasteiger partial charge on any atom is -0.310 e. The number of benzene rings is 1. The van der Waals surface area contributed by atoms with E-state index in [1.165, 1.54) is 47.9 Å². The highest BCUT2D eigenvalue weighted by atomic mass is 14.9. The summed E-state index contributed by atoms with van der Waals surface area (Å²) < 4.78 is 0. The molecule has 1 aromatic carbocycles. The second-order valence-corrected chi connectivity index (χ2v) is 7.06. The van der Waals surface area contributed by atoms with E-state index in [0.29, 0.717) is 6.04 Å². The highest BCUT2D eigenvalue weighted by molar-refractivity contribution is 5.37. The molecule has 0 spiro atoms. The summed E-state index contributed by atoms with van der Waals surface area (Å²) in [4.78, 5) is 0. The van der Waals surface area contributed by atoms with Crippen LogP contribution in [0.4, 0.5) is 0 Å². The minimum atomic E-state index is 0.712. The van der Waals surface area contributed by atoms with Gasteiger partial charge < -0.3 is 5.32 Å². The van der Waals surface area contributed by atoms with Gasteiger partial charge in [0, 0.05) is 12.6 Å². The van der Waals surface area contributed by atoms with Gasteiger partial charge in [0.2, 0.25) is 0 Å². The third-order valence-electron chi connectivity index (χ3n) is 5.06. The number of hydrogen-bond donors (Lipinski definition) is 1. The molecule has 1 fully saturated rings. The van der Waals surface area contributed by atoms with Crippen molar-refractivity contribution in [3.63, 3.8) is 0 Å². The van der Waals surface area contributed by atoms with Crippen molar-refractivity contribution in [3.8, 4) is 0 Å². The summed E-state index contributed by atoms with van der Waals surface area (Å²) >= 11 is 0.